The fourth-order valence-corrected chi connectivity index (χ4v) is 3.78. The largest absolute Gasteiger partial charge is 0.497 e. The van der Waals surface area contributed by atoms with Gasteiger partial charge in [-0.2, -0.15) is 0 Å². The first-order valence-electron chi connectivity index (χ1n) is 9.38. The number of hydrogen-bond donors (Lipinski definition) is 2. The number of aromatic amines is 1. The van der Waals surface area contributed by atoms with Crippen molar-refractivity contribution in [3.8, 4) is 5.75 Å². The number of methoxy groups -OCH3 is 1. The van der Waals surface area contributed by atoms with Gasteiger partial charge in [0.15, 0.2) is 5.82 Å². The first kappa shape index (κ1) is 17.5. The van der Waals surface area contributed by atoms with Crippen LogP contribution < -0.4 is 20.1 Å². The Hall–Kier alpha value is -2.86. The molecule has 0 radical (unpaired) electrons. The summed E-state index contributed by atoms with van der Waals surface area (Å²) in [6.07, 6.45) is 0. The maximum absolute atomic E-state index is 12.4. The lowest BCUT2D eigenvalue weighted by Crippen LogP contribution is -3.14. The molecule has 27 heavy (non-hydrogen) atoms. The van der Waals surface area contributed by atoms with Crippen LogP contribution in [0.2, 0.25) is 0 Å². The molecule has 1 atom stereocenters. The van der Waals surface area contributed by atoms with Crippen molar-refractivity contribution in [1.82, 2.24) is 9.97 Å². The van der Waals surface area contributed by atoms with E-state index in [2.05, 4.69) is 28.9 Å². The second kappa shape index (κ2) is 7.40. The smallest absolute Gasteiger partial charge is 0.258 e. The molecule has 0 bridgehead atoms. The molecule has 4 rings (SSSR count). The number of aromatic nitrogens is 2. The molecular formula is C21H25N4O2+. The van der Waals surface area contributed by atoms with Gasteiger partial charge < -0.3 is 19.5 Å². The van der Waals surface area contributed by atoms with Crippen LogP contribution in [0.4, 0.5) is 5.69 Å². The maximum atomic E-state index is 12.4. The third-order valence-corrected chi connectivity index (χ3v) is 5.50. The average molecular weight is 365 g/mol. The third-order valence-electron chi connectivity index (χ3n) is 5.50. The van der Waals surface area contributed by atoms with E-state index in [9.17, 15) is 4.79 Å². The van der Waals surface area contributed by atoms with E-state index < -0.39 is 0 Å². The Morgan fingerprint density at radius 1 is 1.11 bits per heavy atom. The zero-order valence-electron chi connectivity index (χ0n) is 15.7. The molecule has 3 aromatic rings. The molecule has 1 saturated heterocycles. The predicted molar refractivity (Wildman–Crippen MR) is 107 cm³/mol. The molecule has 0 unspecified atom stereocenters. The lowest BCUT2D eigenvalue weighted by molar-refractivity contribution is -0.930. The van der Waals surface area contributed by atoms with Crippen molar-refractivity contribution in [2.45, 2.75) is 13.0 Å². The summed E-state index contributed by atoms with van der Waals surface area (Å²) in [6, 6.07) is 15.9. The minimum atomic E-state index is -0.0567. The van der Waals surface area contributed by atoms with Gasteiger partial charge in [0.25, 0.3) is 5.56 Å². The highest BCUT2D eigenvalue weighted by Crippen LogP contribution is 2.19. The highest BCUT2D eigenvalue weighted by atomic mass is 16.5. The van der Waals surface area contributed by atoms with Gasteiger partial charge in [-0.1, -0.05) is 12.1 Å². The van der Waals surface area contributed by atoms with Crippen molar-refractivity contribution in [3.63, 3.8) is 0 Å². The van der Waals surface area contributed by atoms with E-state index in [0.717, 1.165) is 43.3 Å². The van der Waals surface area contributed by atoms with Crippen LogP contribution in [0.3, 0.4) is 0 Å². The zero-order valence-corrected chi connectivity index (χ0v) is 15.7. The van der Waals surface area contributed by atoms with Gasteiger partial charge in [0.2, 0.25) is 0 Å². The van der Waals surface area contributed by atoms with E-state index in [1.807, 2.05) is 36.4 Å². The van der Waals surface area contributed by atoms with Crippen molar-refractivity contribution in [1.29, 1.82) is 0 Å². The van der Waals surface area contributed by atoms with Crippen LogP contribution >= 0.6 is 0 Å². The van der Waals surface area contributed by atoms with Crippen molar-refractivity contribution in [2.24, 2.45) is 0 Å². The summed E-state index contributed by atoms with van der Waals surface area (Å²) in [4.78, 5) is 23.9. The quantitative estimate of drug-likeness (QED) is 0.734. The average Bonchev–Trinajstić information content (AvgIpc) is 2.73. The highest BCUT2D eigenvalue weighted by Gasteiger charge is 2.27. The van der Waals surface area contributed by atoms with Crippen LogP contribution in [0.1, 0.15) is 18.8 Å². The molecule has 1 aromatic heterocycles. The van der Waals surface area contributed by atoms with Gasteiger partial charge in [0.1, 0.15) is 11.8 Å². The molecule has 2 N–H and O–H groups in total. The van der Waals surface area contributed by atoms with E-state index >= 15 is 0 Å². The van der Waals surface area contributed by atoms with E-state index in [0.29, 0.717) is 5.39 Å². The number of benzene rings is 2. The molecular weight excluding hydrogens is 340 g/mol. The summed E-state index contributed by atoms with van der Waals surface area (Å²) in [5.74, 6) is 1.65. The summed E-state index contributed by atoms with van der Waals surface area (Å²) in [5.41, 5.74) is 1.93. The van der Waals surface area contributed by atoms with Crippen LogP contribution in [0.15, 0.2) is 53.3 Å². The first-order chi connectivity index (χ1) is 13.2. The SMILES string of the molecule is COc1ccc(N2CC[NH+]([C@H](C)c3nc4ccccc4c(=O)[nH]3)CC2)cc1. The summed E-state index contributed by atoms with van der Waals surface area (Å²) >= 11 is 0. The molecule has 6 heteroatoms. The Morgan fingerprint density at radius 3 is 2.52 bits per heavy atom. The molecule has 0 amide bonds. The number of piperazine rings is 1. The fraction of sp³-hybridized carbons (Fsp3) is 0.333. The Kier molecular flexibility index (Phi) is 4.81. The first-order valence-corrected chi connectivity index (χ1v) is 9.38. The number of nitrogens with zero attached hydrogens (tertiary/aromatic N) is 2. The van der Waals surface area contributed by atoms with E-state index in [-0.39, 0.29) is 11.6 Å². The second-order valence-electron chi connectivity index (χ2n) is 7.03. The number of ether oxygens (including phenoxy) is 1. The third kappa shape index (κ3) is 3.53. The summed E-state index contributed by atoms with van der Waals surface area (Å²) in [7, 11) is 1.68. The minimum absolute atomic E-state index is 0.0567. The number of fused-ring (bicyclic) bond motifs is 1. The number of quaternary nitrogens is 1. The van der Waals surface area contributed by atoms with Gasteiger partial charge in [-0.05, 0) is 43.3 Å². The molecule has 0 aliphatic carbocycles. The number of hydrogen-bond acceptors (Lipinski definition) is 4. The van der Waals surface area contributed by atoms with Crippen molar-refractivity contribution < 1.29 is 9.64 Å². The molecule has 1 fully saturated rings. The van der Waals surface area contributed by atoms with Crippen LogP contribution in [0.5, 0.6) is 5.75 Å². The summed E-state index contributed by atoms with van der Waals surface area (Å²) in [5, 5.41) is 0.646. The lowest BCUT2D eigenvalue weighted by atomic mass is 10.1. The van der Waals surface area contributed by atoms with Crippen LogP contribution in [0, 0.1) is 0 Å². The topological polar surface area (TPSA) is 62.7 Å². The Morgan fingerprint density at radius 2 is 1.81 bits per heavy atom. The number of nitrogens with one attached hydrogen (secondary N) is 2. The molecule has 1 aliphatic rings. The number of rotatable bonds is 4. The monoisotopic (exact) mass is 365 g/mol. The van der Waals surface area contributed by atoms with E-state index in [1.165, 1.54) is 10.6 Å². The predicted octanol–water partition coefficient (Wildman–Crippen LogP) is 1.40. The molecule has 2 heterocycles. The summed E-state index contributed by atoms with van der Waals surface area (Å²) in [6.45, 7) is 6.10. The van der Waals surface area contributed by atoms with Gasteiger partial charge in [0, 0.05) is 5.69 Å². The normalized spacial score (nSPS) is 16.4. The van der Waals surface area contributed by atoms with E-state index in [4.69, 9.17) is 9.72 Å². The molecule has 1 aliphatic heterocycles. The minimum Gasteiger partial charge on any atom is -0.497 e. The standard InChI is InChI=1S/C21H24N4O2/c1-15(20-22-19-6-4-3-5-18(19)21(26)23-20)24-11-13-25(14-12-24)16-7-9-17(27-2)10-8-16/h3-10,15H,11-14H2,1-2H3,(H,22,23,26)/p+1/t15-/m1/s1. The van der Waals surface area contributed by atoms with Crippen molar-refractivity contribution in [2.75, 3.05) is 38.2 Å². The summed E-state index contributed by atoms with van der Waals surface area (Å²) < 4.78 is 5.24. The fourth-order valence-electron chi connectivity index (χ4n) is 3.78. The molecule has 6 nitrogen and oxygen atoms in total. The Bertz CT molecular complexity index is 975. The van der Waals surface area contributed by atoms with Crippen LogP contribution in [0.25, 0.3) is 10.9 Å². The molecule has 2 aromatic carbocycles. The van der Waals surface area contributed by atoms with Crippen LogP contribution in [-0.4, -0.2) is 43.3 Å². The molecule has 140 valence electrons. The van der Waals surface area contributed by atoms with Gasteiger partial charge in [-0.15, -0.1) is 0 Å². The van der Waals surface area contributed by atoms with E-state index in [1.54, 1.807) is 7.11 Å². The highest BCUT2D eigenvalue weighted by molar-refractivity contribution is 5.77. The number of H-pyrrole nitrogens is 1. The number of para-hydroxylation sites is 1. The van der Waals surface area contributed by atoms with Gasteiger partial charge >= 0.3 is 0 Å². The van der Waals surface area contributed by atoms with Gasteiger partial charge in [-0.3, -0.25) is 4.79 Å². The number of anilines is 1. The second-order valence-corrected chi connectivity index (χ2v) is 7.03. The van der Waals surface area contributed by atoms with Crippen molar-refractivity contribution in [3.05, 3.63) is 64.7 Å². The Labute approximate surface area is 158 Å². The molecule has 0 spiro atoms. The van der Waals surface area contributed by atoms with Crippen LogP contribution in [-0.2, 0) is 0 Å². The zero-order chi connectivity index (χ0) is 18.8. The molecule has 0 saturated carbocycles. The Balaban J connectivity index is 1.46. The van der Waals surface area contributed by atoms with Crippen molar-refractivity contribution >= 4 is 16.6 Å². The maximum Gasteiger partial charge on any atom is 0.258 e. The van der Waals surface area contributed by atoms with Gasteiger partial charge in [-0.25, -0.2) is 4.98 Å². The lowest BCUT2D eigenvalue weighted by Gasteiger charge is -2.36. The van der Waals surface area contributed by atoms with Gasteiger partial charge in [0.05, 0.1) is 44.2 Å².